The number of ether oxygens (including phenoxy) is 1. The second-order valence-corrected chi connectivity index (χ2v) is 8.31. The van der Waals surface area contributed by atoms with E-state index >= 15 is 0 Å². The van der Waals surface area contributed by atoms with E-state index in [9.17, 15) is 9.90 Å². The number of fused-ring (bicyclic) bond motifs is 1. The molecule has 0 amide bonds. The largest absolute Gasteiger partial charge is 0.459 e. The third kappa shape index (κ3) is 3.90. The van der Waals surface area contributed by atoms with Gasteiger partial charge in [0, 0.05) is 12.6 Å². The zero-order valence-electron chi connectivity index (χ0n) is 15.4. The molecular weight excluding hydrogens is 290 g/mol. The highest BCUT2D eigenvalue weighted by Crippen LogP contribution is 2.48. The van der Waals surface area contributed by atoms with Gasteiger partial charge in [0.15, 0.2) is 0 Å². The first kappa shape index (κ1) is 18.7. The van der Waals surface area contributed by atoms with Crippen molar-refractivity contribution < 1.29 is 14.6 Å². The zero-order valence-corrected chi connectivity index (χ0v) is 15.4. The fourth-order valence-electron chi connectivity index (χ4n) is 4.63. The Balaban J connectivity index is 2.27. The Morgan fingerprint density at radius 3 is 2.65 bits per heavy atom. The smallest absolute Gasteiger partial charge is 0.327 e. The lowest BCUT2D eigenvalue weighted by Crippen LogP contribution is -2.63. The first-order valence-corrected chi connectivity index (χ1v) is 9.46. The van der Waals surface area contributed by atoms with Crippen molar-refractivity contribution in [1.29, 1.82) is 0 Å². The first-order chi connectivity index (χ1) is 10.8. The molecule has 2 aliphatic rings. The Bertz CT molecular complexity index is 404. The Morgan fingerprint density at radius 2 is 2.04 bits per heavy atom. The number of hydrogen-bond acceptors (Lipinski definition) is 4. The van der Waals surface area contributed by atoms with Gasteiger partial charge in [-0.3, -0.25) is 9.69 Å². The van der Waals surface area contributed by atoms with Gasteiger partial charge in [0.1, 0.15) is 11.1 Å². The molecule has 0 unspecified atom stereocenters. The maximum Gasteiger partial charge on any atom is 0.327 e. The van der Waals surface area contributed by atoms with Crippen LogP contribution in [0.5, 0.6) is 0 Å². The molecule has 2 aliphatic heterocycles. The van der Waals surface area contributed by atoms with E-state index < -0.39 is 11.1 Å². The zero-order chi connectivity index (χ0) is 17.1. The number of carbonyl (C=O) groups excluding carboxylic acids is 1. The third-order valence-electron chi connectivity index (χ3n) is 5.55. The molecular formula is C19H35NO3. The van der Waals surface area contributed by atoms with Crippen molar-refractivity contribution >= 4 is 5.97 Å². The van der Waals surface area contributed by atoms with Crippen LogP contribution in [0, 0.1) is 5.92 Å². The molecule has 2 saturated heterocycles. The van der Waals surface area contributed by atoms with E-state index in [4.69, 9.17) is 4.74 Å². The van der Waals surface area contributed by atoms with E-state index in [2.05, 4.69) is 11.8 Å². The lowest BCUT2D eigenvalue weighted by molar-refractivity contribution is -0.178. The number of piperidine rings is 1. The van der Waals surface area contributed by atoms with Crippen molar-refractivity contribution in [1.82, 2.24) is 4.90 Å². The van der Waals surface area contributed by atoms with E-state index in [1.807, 2.05) is 20.8 Å². The summed E-state index contributed by atoms with van der Waals surface area (Å²) in [7, 11) is 0. The quantitative estimate of drug-likeness (QED) is 0.759. The lowest BCUT2D eigenvalue weighted by atomic mass is 9.72. The molecule has 2 heterocycles. The third-order valence-corrected chi connectivity index (χ3v) is 5.55. The van der Waals surface area contributed by atoms with Gasteiger partial charge in [-0.25, -0.2) is 0 Å². The van der Waals surface area contributed by atoms with Gasteiger partial charge < -0.3 is 9.84 Å². The summed E-state index contributed by atoms with van der Waals surface area (Å²) in [4.78, 5) is 15.6. The van der Waals surface area contributed by atoms with Crippen molar-refractivity contribution in [2.45, 2.75) is 96.2 Å². The lowest BCUT2D eigenvalue weighted by Gasteiger charge is -2.51. The van der Waals surface area contributed by atoms with Crippen LogP contribution < -0.4 is 0 Å². The molecule has 1 N–H and O–H groups in total. The maximum atomic E-state index is 13.2. The number of hydrogen-bond donors (Lipinski definition) is 1. The molecule has 23 heavy (non-hydrogen) atoms. The molecule has 0 aromatic carbocycles. The number of carbonyl (C=O) groups is 1. The highest BCUT2D eigenvalue weighted by atomic mass is 16.6. The summed E-state index contributed by atoms with van der Waals surface area (Å²) in [6, 6.07) is 0.500. The van der Waals surface area contributed by atoms with E-state index in [0.717, 1.165) is 32.2 Å². The van der Waals surface area contributed by atoms with Gasteiger partial charge in [-0.15, -0.1) is 0 Å². The summed E-state index contributed by atoms with van der Waals surface area (Å²) in [5.41, 5.74) is -0.951. The first-order valence-electron chi connectivity index (χ1n) is 9.46. The number of rotatable bonds is 6. The number of nitrogens with zero attached hydrogens (tertiary/aromatic N) is 1. The van der Waals surface area contributed by atoms with E-state index in [1.165, 1.54) is 19.3 Å². The van der Waals surface area contributed by atoms with Crippen LogP contribution in [-0.2, 0) is 9.53 Å². The number of unbranched alkanes of at least 4 members (excludes halogenated alkanes) is 1. The molecule has 2 fully saturated rings. The molecule has 0 radical (unpaired) electrons. The Kier molecular flexibility index (Phi) is 6.12. The molecule has 3 atom stereocenters. The van der Waals surface area contributed by atoms with Crippen LogP contribution in [0.1, 0.15) is 79.1 Å². The molecule has 4 nitrogen and oxygen atoms in total. The molecule has 0 saturated carbocycles. The van der Waals surface area contributed by atoms with Gasteiger partial charge in [0.2, 0.25) is 0 Å². The van der Waals surface area contributed by atoms with Gasteiger partial charge in [0.25, 0.3) is 0 Å². The molecule has 0 bridgehead atoms. The van der Waals surface area contributed by atoms with Crippen LogP contribution in [0.2, 0.25) is 0 Å². The summed E-state index contributed by atoms with van der Waals surface area (Å²) in [6.45, 7) is 9.21. The van der Waals surface area contributed by atoms with Crippen LogP contribution in [-0.4, -0.2) is 46.3 Å². The van der Waals surface area contributed by atoms with Crippen LogP contribution in [0.25, 0.3) is 0 Å². The molecule has 134 valence electrons. The van der Waals surface area contributed by atoms with Crippen molar-refractivity contribution in [3.05, 3.63) is 0 Å². The van der Waals surface area contributed by atoms with Gasteiger partial charge >= 0.3 is 5.97 Å². The van der Waals surface area contributed by atoms with Crippen molar-refractivity contribution in [2.75, 3.05) is 13.2 Å². The summed E-state index contributed by atoms with van der Waals surface area (Å²) in [5.74, 6) is 0.171. The number of esters is 1. The molecule has 0 aliphatic carbocycles. The number of aliphatic hydroxyl groups excluding tert-OH is 1. The van der Waals surface area contributed by atoms with E-state index in [0.29, 0.717) is 12.5 Å². The second kappa shape index (κ2) is 7.52. The summed E-state index contributed by atoms with van der Waals surface area (Å²) >= 11 is 0. The van der Waals surface area contributed by atoms with E-state index in [1.54, 1.807) is 0 Å². The molecule has 4 heteroatoms. The number of aliphatic hydroxyl groups is 1. The summed E-state index contributed by atoms with van der Waals surface area (Å²) in [6.07, 6.45) is 8.42. The molecule has 0 aromatic heterocycles. The fraction of sp³-hybridized carbons (Fsp3) is 0.947. The van der Waals surface area contributed by atoms with Gasteiger partial charge in [-0.05, 0) is 71.8 Å². The summed E-state index contributed by atoms with van der Waals surface area (Å²) in [5, 5.41) is 9.50. The minimum atomic E-state index is -0.493. The Hall–Kier alpha value is -0.610. The summed E-state index contributed by atoms with van der Waals surface area (Å²) < 4.78 is 5.85. The standard InChI is InChI=1S/C19H35NO3/c1-5-6-8-16-10-9-15(11-14-21)19(12-7-13-20(16)19)17(22)23-18(2,3)4/h15-16,21H,5-14H2,1-4H3/t15-,16-,19+/m1/s1. The second-order valence-electron chi connectivity index (χ2n) is 8.31. The Morgan fingerprint density at radius 1 is 1.30 bits per heavy atom. The average molecular weight is 325 g/mol. The van der Waals surface area contributed by atoms with Crippen molar-refractivity contribution in [3.8, 4) is 0 Å². The van der Waals surface area contributed by atoms with Crippen molar-refractivity contribution in [3.63, 3.8) is 0 Å². The average Bonchev–Trinajstić information content (AvgIpc) is 2.91. The fourth-order valence-corrected chi connectivity index (χ4v) is 4.63. The van der Waals surface area contributed by atoms with Gasteiger partial charge in [0.05, 0.1) is 0 Å². The minimum Gasteiger partial charge on any atom is -0.459 e. The SMILES string of the molecule is CCCC[C@@H]1CC[C@H](CCO)[C@]2(C(=O)OC(C)(C)C)CCCN12. The predicted molar refractivity (Wildman–Crippen MR) is 92.3 cm³/mol. The van der Waals surface area contributed by atoms with Crippen LogP contribution in [0.3, 0.4) is 0 Å². The topological polar surface area (TPSA) is 49.8 Å². The highest BCUT2D eigenvalue weighted by molar-refractivity contribution is 5.82. The normalized spacial score (nSPS) is 31.9. The van der Waals surface area contributed by atoms with Crippen LogP contribution >= 0.6 is 0 Å². The minimum absolute atomic E-state index is 0.0536. The van der Waals surface area contributed by atoms with Gasteiger partial charge in [-0.1, -0.05) is 19.8 Å². The van der Waals surface area contributed by atoms with Gasteiger partial charge in [-0.2, -0.15) is 0 Å². The molecule has 2 rings (SSSR count). The monoisotopic (exact) mass is 325 g/mol. The Labute approximate surface area is 141 Å². The molecule has 0 spiro atoms. The van der Waals surface area contributed by atoms with E-state index in [-0.39, 0.29) is 18.5 Å². The highest BCUT2D eigenvalue weighted by Gasteiger charge is 2.58. The maximum absolute atomic E-state index is 13.2. The van der Waals surface area contributed by atoms with Crippen molar-refractivity contribution in [2.24, 2.45) is 5.92 Å². The predicted octanol–water partition coefficient (Wildman–Crippen LogP) is 3.51. The van der Waals surface area contributed by atoms with Crippen LogP contribution in [0.15, 0.2) is 0 Å². The van der Waals surface area contributed by atoms with Crippen LogP contribution in [0.4, 0.5) is 0 Å². The molecule has 0 aromatic rings.